The molecule has 1 fully saturated rings. The molecule has 2 aromatic rings. The molecule has 7 heteroatoms. The molecule has 19 heavy (non-hydrogen) atoms. The van der Waals surface area contributed by atoms with Crippen molar-refractivity contribution in [2.45, 2.75) is 18.8 Å². The van der Waals surface area contributed by atoms with E-state index in [1.807, 2.05) is 0 Å². The maximum atomic E-state index is 13.2. The zero-order valence-electron chi connectivity index (χ0n) is 9.98. The predicted molar refractivity (Wildman–Crippen MR) is 68.7 cm³/mol. The maximum Gasteiger partial charge on any atom is 0.251 e. The number of aromatic nitrogens is 3. The molecule has 1 aliphatic heterocycles. The first-order chi connectivity index (χ1) is 9.05. The lowest BCUT2D eigenvalue weighted by molar-refractivity contribution is -0.0221. The van der Waals surface area contributed by atoms with Gasteiger partial charge in [-0.25, -0.2) is 13.8 Å². The van der Waals surface area contributed by atoms with Crippen molar-refractivity contribution in [3.8, 4) is 0 Å². The van der Waals surface area contributed by atoms with E-state index >= 15 is 0 Å². The fraction of sp³-hybridized carbons (Fsp3) is 0.417. The number of pyridine rings is 1. The third kappa shape index (κ3) is 2.45. The Hall–Kier alpha value is -1.56. The third-order valence-electron chi connectivity index (χ3n) is 3.20. The molecule has 0 spiro atoms. The van der Waals surface area contributed by atoms with Crippen molar-refractivity contribution in [1.82, 2.24) is 15.0 Å². The monoisotopic (exact) mass is 284 g/mol. The van der Waals surface area contributed by atoms with E-state index in [1.165, 1.54) is 0 Å². The van der Waals surface area contributed by atoms with Crippen LogP contribution in [0.3, 0.4) is 0 Å². The fourth-order valence-corrected chi connectivity index (χ4v) is 2.36. The van der Waals surface area contributed by atoms with Crippen LogP contribution in [0.2, 0.25) is 5.28 Å². The van der Waals surface area contributed by atoms with E-state index in [2.05, 4.69) is 15.0 Å². The molecular formula is C12H11ClF2N4. The molecule has 0 N–H and O–H groups in total. The molecule has 4 nitrogen and oxygen atoms in total. The van der Waals surface area contributed by atoms with Crippen LogP contribution in [-0.2, 0) is 0 Å². The molecule has 0 radical (unpaired) electrons. The quantitative estimate of drug-likeness (QED) is 0.755. The standard InChI is InChI=1S/C12H11ClF2N4/c13-11-17-8-2-1-5-16-9(8)10(18-11)19-6-3-12(14,15)4-7-19/h1-2,5H,3-4,6-7H2. The number of alkyl halides is 2. The zero-order chi connectivity index (χ0) is 13.5. The van der Waals surface area contributed by atoms with Crippen molar-refractivity contribution < 1.29 is 8.78 Å². The van der Waals surface area contributed by atoms with Gasteiger partial charge in [-0.05, 0) is 23.7 Å². The summed E-state index contributed by atoms with van der Waals surface area (Å²) in [6.45, 7) is 0.484. The fourth-order valence-electron chi connectivity index (χ4n) is 2.19. The van der Waals surface area contributed by atoms with Crippen LogP contribution in [-0.4, -0.2) is 34.0 Å². The highest BCUT2D eigenvalue weighted by Gasteiger charge is 2.35. The highest BCUT2D eigenvalue weighted by Crippen LogP contribution is 2.32. The van der Waals surface area contributed by atoms with Crippen molar-refractivity contribution in [2.75, 3.05) is 18.0 Å². The number of rotatable bonds is 1. The first kappa shape index (κ1) is 12.5. The number of fused-ring (bicyclic) bond motifs is 1. The van der Waals surface area contributed by atoms with Crippen molar-refractivity contribution in [3.05, 3.63) is 23.6 Å². The van der Waals surface area contributed by atoms with Gasteiger partial charge in [0.1, 0.15) is 5.52 Å². The summed E-state index contributed by atoms with van der Waals surface area (Å²) in [6.07, 6.45) is 1.27. The van der Waals surface area contributed by atoms with Crippen molar-refractivity contribution >= 4 is 28.5 Å². The Labute approximate surface area is 113 Å². The molecule has 0 atom stereocenters. The topological polar surface area (TPSA) is 41.9 Å². The van der Waals surface area contributed by atoms with Crippen molar-refractivity contribution in [1.29, 1.82) is 0 Å². The van der Waals surface area contributed by atoms with Gasteiger partial charge in [-0.2, -0.15) is 4.98 Å². The average Bonchev–Trinajstić information content (AvgIpc) is 2.38. The van der Waals surface area contributed by atoms with Crippen LogP contribution in [0, 0.1) is 0 Å². The minimum atomic E-state index is -2.59. The van der Waals surface area contributed by atoms with Crippen LogP contribution >= 0.6 is 11.6 Å². The third-order valence-corrected chi connectivity index (χ3v) is 3.37. The average molecular weight is 285 g/mol. The van der Waals surface area contributed by atoms with E-state index in [1.54, 1.807) is 23.2 Å². The van der Waals surface area contributed by atoms with Gasteiger partial charge in [-0.1, -0.05) is 0 Å². The Kier molecular flexibility index (Phi) is 2.97. The lowest BCUT2D eigenvalue weighted by Crippen LogP contribution is -2.40. The molecule has 0 saturated carbocycles. The summed E-state index contributed by atoms with van der Waals surface area (Å²) in [7, 11) is 0. The lowest BCUT2D eigenvalue weighted by atomic mass is 10.1. The number of anilines is 1. The largest absolute Gasteiger partial charge is 0.354 e. The van der Waals surface area contributed by atoms with Gasteiger partial charge in [0.05, 0.1) is 5.52 Å². The Morgan fingerprint density at radius 1 is 1.21 bits per heavy atom. The first-order valence-corrected chi connectivity index (χ1v) is 6.34. The number of halogens is 3. The molecular weight excluding hydrogens is 274 g/mol. The highest BCUT2D eigenvalue weighted by molar-refractivity contribution is 6.28. The number of piperidine rings is 1. The Balaban J connectivity index is 2.01. The van der Waals surface area contributed by atoms with Gasteiger partial charge in [-0.15, -0.1) is 0 Å². The van der Waals surface area contributed by atoms with Gasteiger partial charge in [0.15, 0.2) is 5.82 Å². The summed E-state index contributed by atoms with van der Waals surface area (Å²) in [5.41, 5.74) is 1.21. The lowest BCUT2D eigenvalue weighted by Gasteiger charge is -2.32. The Morgan fingerprint density at radius 3 is 2.68 bits per heavy atom. The number of hydrogen-bond donors (Lipinski definition) is 0. The van der Waals surface area contributed by atoms with Crippen molar-refractivity contribution in [2.24, 2.45) is 0 Å². The van der Waals surface area contributed by atoms with Crippen LogP contribution < -0.4 is 4.90 Å². The molecule has 0 aliphatic carbocycles. The molecule has 1 aliphatic rings. The molecule has 0 aromatic carbocycles. The Morgan fingerprint density at radius 2 is 1.95 bits per heavy atom. The summed E-state index contributed by atoms with van der Waals surface area (Å²) in [5, 5.41) is 0.104. The van der Waals surface area contributed by atoms with Gasteiger partial charge in [0.2, 0.25) is 5.28 Å². The predicted octanol–water partition coefficient (Wildman–Crippen LogP) is 2.91. The van der Waals surface area contributed by atoms with Gasteiger partial charge in [-0.3, -0.25) is 4.98 Å². The van der Waals surface area contributed by atoms with Crippen LogP contribution in [0.25, 0.3) is 11.0 Å². The van der Waals surface area contributed by atoms with Gasteiger partial charge in [0.25, 0.3) is 5.92 Å². The molecule has 100 valence electrons. The second kappa shape index (κ2) is 4.52. The molecule has 3 heterocycles. The van der Waals surface area contributed by atoms with Crippen LogP contribution in [0.4, 0.5) is 14.6 Å². The normalized spacial score (nSPS) is 18.8. The molecule has 3 rings (SSSR count). The number of hydrogen-bond acceptors (Lipinski definition) is 4. The van der Waals surface area contributed by atoms with Crippen LogP contribution in [0.15, 0.2) is 18.3 Å². The maximum absolute atomic E-state index is 13.2. The molecule has 0 bridgehead atoms. The van der Waals surface area contributed by atoms with Gasteiger partial charge < -0.3 is 4.90 Å². The number of nitrogens with zero attached hydrogens (tertiary/aromatic N) is 4. The SMILES string of the molecule is FC1(F)CCN(c2nc(Cl)nc3cccnc23)CC1. The van der Waals surface area contributed by atoms with Crippen molar-refractivity contribution in [3.63, 3.8) is 0 Å². The van der Waals surface area contributed by atoms with E-state index in [9.17, 15) is 8.78 Å². The summed E-state index contributed by atoms with van der Waals surface area (Å²) in [4.78, 5) is 14.2. The van der Waals surface area contributed by atoms with Gasteiger partial charge >= 0.3 is 0 Å². The zero-order valence-corrected chi connectivity index (χ0v) is 10.7. The van der Waals surface area contributed by atoms with E-state index in [4.69, 9.17) is 11.6 Å². The second-order valence-corrected chi connectivity index (χ2v) is 4.87. The van der Waals surface area contributed by atoms with Crippen LogP contribution in [0.5, 0.6) is 0 Å². The molecule has 0 amide bonds. The Bertz CT molecular complexity index is 610. The van der Waals surface area contributed by atoms with E-state index in [0.717, 1.165) is 0 Å². The molecule has 1 saturated heterocycles. The molecule has 2 aromatic heterocycles. The minimum absolute atomic E-state index is 0.104. The van der Waals surface area contributed by atoms with Crippen LogP contribution in [0.1, 0.15) is 12.8 Å². The summed E-state index contributed by atoms with van der Waals surface area (Å²) in [5.74, 6) is -2.05. The molecule has 0 unspecified atom stereocenters. The summed E-state index contributed by atoms with van der Waals surface area (Å²) < 4.78 is 26.4. The summed E-state index contributed by atoms with van der Waals surface area (Å²) >= 11 is 5.87. The smallest absolute Gasteiger partial charge is 0.251 e. The van der Waals surface area contributed by atoms with Gasteiger partial charge in [0, 0.05) is 32.1 Å². The highest BCUT2D eigenvalue weighted by atomic mass is 35.5. The van der Waals surface area contributed by atoms with E-state index in [0.29, 0.717) is 16.9 Å². The first-order valence-electron chi connectivity index (χ1n) is 5.96. The van der Waals surface area contributed by atoms with E-state index in [-0.39, 0.29) is 31.2 Å². The summed E-state index contributed by atoms with van der Waals surface area (Å²) in [6, 6.07) is 3.53. The second-order valence-electron chi connectivity index (χ2n) is 4.53. The minimum Gasteiger partial charge on any atom is -0.354 e. The van der Waals surface area contributed by atoms with E-state index < -0.39 is 5.92 Å².